The Bertz CT molecular complexity index is 1650. The molecule has 17 nitrogen and oxygen atoms in total. The molecule has 0 aliphatic carbocycles. The van der Waals surface area contributed by atoms with E-state index in [1.165, 1.54) is 0 Å². The van der Waals surface area contributed by atoms with Crippen LogP contribution >= 0.6 is 11.6 Å². The van der Waals surface area contributed by atoms with Crippen molar-refractivity contribution in [1.29, 1.82) is 10.8 Å². The van der Waals surface area contributed by atoms with Crippen molar-refractivity contribution >= 4 is 55.3 Å². The summed E-state index contributed by atoms with van der Waals surface area (Å²) in [7, 11) is -7.85. The van der Waals surface area contributed by atoms with Crippen LogP contribution in [0.1, 0.15) is 44.2 Å². The Labute approximate surface area is 314 Å². The summed E-state index contributed by atoms with van der Waals surface area (Å²) in [5, 5.41) is 33.5. The van der Waals surface area contributed by atoms with Crippen molar-refractivity contribution < 1.29 is 55.2 Å². The van der Waals surface area contributed by atoms with Crippen molar-refractivity contribution in [3.63, 3.8) is 0 Å². The number of rotatable bonds is 16. The highest BCUT2D eigenvalue weighted by molar-refractivity contribution is 7.86. The molecular weight excluding hydrogens is 758 g/mol. The summed E-state index contributed by atoms with van der Waals surface area (Å²) >= 11 is 5.74. The summed E-state index contributed by atoms with van der Waals surface area (Å²) in [6.45, 7) is 3.81. The van der Waals surface area contributed by atoms with E-state index >= 15 is 0 Å². The van der Waals surface area contributed by atoms with E-state index in [0.29, 0.717) is 35.1 Å². The van der Waals surface area contributed by atoms with Crippen LogP contribution in [0, 0.1) is 10.8 Å². The number of unbranched alkanes of at least 4 members (excludes halogenated alkanes) is 2. The van der Waals surface area contributed by atoms with Gasteiger partial charge in [0.15, 0.2) is 0 Å². The zero-order valence-electron chi connectivity index (χ0n) is 29.3. The number of hydrogen-bond acceptors (Lipinski definition) is 12. The molecule has 0 heterocycles. The fourth-order valence-corrected chi connectivity index (χ4v) is 4.03. The standard InChI is InChI=1S/C19H24N4O2.C10H12ClNO2.2C2H6O4S/c20-18(21)14-4-8-16(9-5-14)24-12-2-1-3-13-25-17-10-6-15(7-11-17)19(22)23;1-7(2)14-10(13)12-9-5-3-4-8(11)6-9;2*3-1-2-7(4,5)6/h4-11H,1-3,12-13H2,(H3,20,21)(H3,22,23);3-7H,1-2H3,(H,12,13);2*3H,1-2H2,(H,4,5,6). The molecule has 0 aliphatic rings. The lowest BCUT2D eigenvalue weighted by Gasteiger charge is -2.09. The van der Waals surface area contributed by atoms with Crippen LogP contribution in [0.15, 0.2) is 72.8 Å². The first kappa shape index (κ1) is 48.5. The van der Waals surface area contributed by atoms with Crippen LogP contribution < -0.4 is 26.3 Å². The summed E-state index contributed by atoms with van der Waals surface area (Å²) in [5.41, 5.74) is 12.8. The van der Waals surface area contributed by atoms with Crippen LogP contribution in [-0.4, -0.2) is 98.0 Å². The van der Waals surface area contributed by atoms with Crippen molar-refractivity contribution in [2.24, 2.45) is 11.5 Å². The molecule has 0 aromatic heterocycles. The van der Waals surface area contributed by atoms with Crippen LogP contribution in [-0.2, 0) is 25.0 Å². The van der Waals surface area contributed by atoms with Crippen LogP contribution in [0.3, 0.4) is 0 Å². The van der Waals surface area contributed by atoms with Gasteiger partial charge in [0.2, 0.25) is 0 Å². The summed E-state index contributed by atoms with van der Waals surface area (Å²) in [6.07, 6.45) is 2.30. The SMILES string of the molecule is CC(C)OC(=O)Nc1cccc(Cl)c1.N=C(N)c1ccc(OCCCCCOc2ccc(C(=N)N)cc2)cc1.O=S(=O)(O)CCO.O=S(=O)(O)CCO. The van der Waals surface area contributed by atoms with Crippen molar-refractivity contribution in [2.45, 2.75) is 39.2 Å². The third-order valence-corrected chi connectivity index (χ3v) is 7.40. The van der Waals surface area contributed by atoms with E-state index in [1.54, 1.807) is 62.4 Å². The fraction of sp³-hybridized carbons (Fsp3) is 0.364. The lowest BCUT2D eigenvalue weighted by molar-refractivity contribution is 0.130. The maximum absolute atomic E-state index is 11.2. The van der Waals surface area contributed by atoms with Gasteiger partial charge >= 0.3 is 6.09 Å². The Morgan fingerprint density at radius 3 is 1.47 bits per heavy atom. The molecule has 0 saturated carbocycles. The number of carbonyl (C=O) groups is 1. The third-order valence-electron chi connectivity index (χ3n) is 5.77. The van der Waals surface area contributed by atoms with Gasteiger partial charge in [0.25, 0.3) is 20.2 Å². The number of amides is 1. The molecule has 53 heavy (non-hydrogen) atoms. The van der Waals surface area contributed by atoms with Gasteiger partial charge in [-0.3, -0.25) is 25.2 Å². The Morgan fingerprint density at radius 1 is 0.755 bits per heavy atom. The molecule has 0 aliphatic heterocycles. The van der Waals surface area contributed by atoms with Crippen molar-refractivity contribution in [3.05, 3.63) is 88.9 Å². The number of hydrogen-bond donors (Lipinski definition) is 9. The second-order valence-electron chi connectivity index (χ2n) is 10.7. The Balaban J connectivity index is 0.000000805. The topological polar surface area (TPSA) is 306 Å². The van der Waals surface area contributed by atoms with Crippen LogP contribution in [0.5, 0.6) is 11.5 Å². The highest BCUT2D eigenvalue weighted by Crippen LogP contribution is 2.16. The molecule has 0 spiro atoms. The Kier molecular flexibility index (Phi) is 24.1. The van der Waals surface area contributed by atoms with E-state index in [1.807, 2.05) is 24.3 Å². The average molecular weight is 806 g/mol. The number of nitrogens with two attached hydrogens (primary N) is 2. The normalized spacial score (nSPS) is 10.6. The van der Waals surface area contributed by atoms with Gasteiger partial charge in [-0.15, -0.1) is 0 Å². The Hall–Kier alpha value is -4.50. The summed E-state index contributed by atoms with van der Waals surface area (Å²) in [6, 6.07) is 21.3. The van der Waals surface area contributed by atoms with E-state index in [2.05, 4.69) is 5.32 Å². The van der Waals surface area contributed by atoms with Gasteiger partial charge in [-0.25, -0.2) is 4.79 Å². The molecule has 3 aromatic rings. The number of anilines is 1. The van der Waals surface area contributed by atoms with Gasteiger partial charge in [0.05, 0.1) is 44.0 Å². The largest absolute Gasteiger partial charge is 0.494 e. The van der Waals surface area contributed by atoms with Gasteiger partial charge < -0.3 is 35.9 Å². The number of nitrogen functional groups attached to an aromatic ring is 2. The van der Waals surface area contributed by atoms with Crippen LogP contribution in [0.4, 0.5) is 10.5 Å². The number of nitrogens with one attached hydrogen (secondary N) is 3. The lowest BCUT2D eigenvalue weighted by atomic mass is 10.2. The van der Waals surface area contributed by atoms with E-state index < -0.39 is 51.0 Å². The first-order valence-corrected chi connectivity index (χ1v) is 19.4. The van der Waals surface area contributed by atoms with Crippen LogP contribution in [0.2, 0.25) is 5.02 Å². The fourth-order valence-electron chi connectivity index (χ4n) is 3.38. The molecule has 3 rings (SSSR count). The van der Waals surface area contributed by atoms with E-state index in [9.17, 15) is 21.6 Å². The number of halogens is 1. The summed E-state index contributed by atoms with van der Waals surface area (Å²) in [4.78, 5) is 11.2. The molecule has 0 bridgehead atoms. The number of aliphatic hydroxyl groups is 2. The van der Waals surface area contributed by atoms with Gasteiger partial charge in [-0.2, -0.15) is 16.8 Å². The van der Waals surface area contributed by atoms with Crippen molar-refractivity contribution in [1.82, 2.24) is 0 Å². The van der Waals surface area contributed by atoms with E-state index in [0.717, 1.165) is 30.8 Å². The van der Waals surface area contributed by atoms with E-state index in [4.69, 9.17) is 67.4 Å². The maximum Gasteiger partial charge on any atom is 0.411 e. The molecule has 0 radical (unpaired) electrons. The van der Waals surface area contributed by atoms with Crippen molar-refractivity contribution in [2.75, 3.05) is 43.3 Å². The molecule has 3 aromatic carbocycles. The van der Waals surface area contributed by atoms with E-state index in [-0.39, 0.29) is 17.8 Å². The number of amidine groups is 2. The first-order chi connectivity index (χ1) is 24.8. The highest BCUT2D eigenvalue weighted by Gasteiger charge is 2.05. The average Bonchev–Trinajstić information content (AvgIpc) is 3.04. The Morgan fingerprint density at radius 2 is 1.17 bits per heavy atom. The minimum absolute atomic E-state index is 0.0579. The molecule has 0 atom stereocenters. The minimum Gasteiger partial charge on any atom is -0.494 e. The quantitative estimate of drug-likeness (QED) is 0.0429. The number of aliphatic hydroxyl groups excluding tert-OH is 2. The lowest BCUT2D eigenvalue weighted by Crippen LogP contribution is -2.17. The number of benzene rings is 3. The third kappa shape index (κ3) is 27.8. The second-order valence-corrected chi connectivity index (χ2v) is 14.3. The first-order valence-electron chi connectivity index (χ1n) is 15.8. The van der Waals surface area contributed by atoms with Gasteiger partial charge in [-0.05, 0) is 99.8 Å². The number of carbonyl (C=O) groups excluding carboxylic acids is 1. The molecule has 296 valence electrons. The number of ether oxygens (including phenoxy) is 3. The zero-order valence-corrected chi connectivity index (χ0v) is 31.7. The molecule has 0 fully saturated rings. The molecule has 0 unspecified atom stereocenters. The summed E-state index contributed by atoms with van der Waals surface area (Å²) in [5.74, 6) is 0.531. The summed E-state index contributed by atoms with van der Waals surface area (Å²) < 4.78 is 70.4. The van der Waals surface area contributed by atoms with Crippen LogP contribution in [0.25, 0.3) is 0 Å². The van der Waals surface area contributed by atoms with Gasteiger partial charge in [0, 0.05) is 21.8 Å². The van der Waals surface area contributed by atoms with Gasteiger partial charge in [0.1, 0.15) is 23.2 Å². The van der Waals surface area contributed by atoms with Gasteiger partial charge in [-0.1, -0.05) is 17.7 Å². The molecular formula is C33H48ClN5O12S2. The molecule has 0 saturated heterocycles. The minimum atomic E-state index is -3.92. The predicted octanol–water partition coefficient (Wildman–Crippen LogP) is 3.91. The molecule has 1 amide bonds. The zero-order chi connectivity index (χ0) is 40.5. The monoisotopic (exact) mass is 805 g/mol. The predicted molar refractivity (Wildman–Crippen MR) is 203 cm³/mol. The highest BCUT2D eigenvalue weighted by atomic mass is 35.5. The maximum atomic E-state index is 11.2. The smallest absolute Gasteiger partial charge is 0.411 e. The second kappa shape index (κ2) is 26.3. The molecule has 11 N–H and O–H groups in total. The van der Waals surface area contributed by atoms with Crippen molar-refractivity contribution in [3.8, 4) is 11.5 Å². The molecule has 20 heteroatoms.